The molecule has 1 aliphatic rings. The molecular weight excluding hydrogens is 238 g/mol. The number of rotatable bonds is 3. The maximum absolute atomic E-state index is 12.7. The van der Waals surface area contributed by atoms with Crippen molar-refractivity contribution in [3.05, 3.63) is 18.2 Å². The lowest BCUT2D eigenvalue weighted by Gasteiger charge is -2.42. The average Bonchev–Trinajstić information content (AvgIpc) is 2.71. The number of alkyl halides is 2. The van der Waals surface area contributed by atoms with Crippen molar-refractivity contribution in [2.24, 2.45) is 11.1 Å². The van der Waals surface area contributed by atoms with E-state index < -0.39 is 6.55 Å². The Hall–Kier alpha value is -1.01. The van der Waals surface area contributed by atoms with Gasteiger partial charge in [-0.05, 0) is 11.8 Å². The first kappa shape index (κ1) is 13.4. The van der Waals surface area contributed by atoms with Gasteiger partial charge in [-0.15, -0.1) is 0 Å². The van der Waals surface area contributed by atoms with Crippen molar-refractivity contribution < 1.29 is 8.78 Å². The third-order valence-corrected chi connectivity index (χ3v) is 3.72. The van der Waals surface area contributed by atoms with Gasteiger partial charge in [0.25, 0.3) is 0 Å². The van der Waals surface area contributed by atoms with Gasteiger partial charge < -0.3 is 5.73 Å². The molecule has 18 heavy (non-hydrogen) atoms. The molecule has 4 nitrogen and oxygen atoms in total. The van der Waals surface area contributed by atoms with E-state index in [2.05, 4.69) is 23.7 Å². The van der Waals surface area contributed by atoms with E-state index in [4.69, 9.17) is 5.73 Å². The minimum absolute atomic E-state index is 0.0144. The molecule has 1 unspecified atom stereocenters. The number of aromatic nitrogens is 2. The fraction of sp³-hybridized carbons (Fsp3) is 0.750. The van der Waals surface area contributed by atoms with Gasteiger partial charge in [0.1, 0.15) is 5.82 Å². The van der Waals surface area contributed by atoms with E-state index in [1.54, 1.807) is 0 Å². The standard InChI is InChI=1S/C12H20F2N4/c1-12(2)8-17(5-3-9(12)15)7-10-16-4-6-18(10)11(13)14/h4,6,9,11H,3,5,7-8,15H2,1-2H3. The summed E-state index contributed by atoms with van der Waals surface area (Å²) in [6, 6.07) is 0.170. The molecule has 1 saturated heterocycles. The van der Waals surface area contributed by atoms with Crippen molar-refractivity contribution in [2.75, 3.05) is 13.1 Å². The van der Waals surface area contributed by atoms with Gasteiger partial charge in [-0.1, -0.05) is 13.8 Å². The van der Waals surface area contributed by atoms with Crippen LogP contribution in [0, 0.1) is 5.41 Å². The molecule has 2 rings (SSSR count). The Labute approximate surface area is 106 Å². The van der Waals surface area contributed by atoms with Crippen LogP contribution in [0.15, 0.2) is 12.4 Å². The van der Waals surface area contributed by atoms with Gasteiger partial charge in [-0.25, -0.2) is 4.98 Å². The summed E-state index contributed by atoms with van der Waals surface area (Å²) in [5.41, 5.74) is 6.07. The molecule has 1 aliphatic heterocycles. The molecule has 0 radical (unpaired) electrons. The molecule has 2 N–H and O–H groups in total. The van der Waals surface area contributed by atoms with Crippen molar-refractivity contribution in [2.45, 2.75) is 39.4 Å². The van der Waals surface area contributed by atoms with Gasteiger partial charge in [-0.3, -0.25) is 9.47 Å². The highest BCUT2D eigenvalue weighted by atomic mass is 19.3. The first-order chi connectivity index (χ1) is 8.40. The maximum atomic E-state index is 12.7. The zero-order valence-electron chi connectivity index (χ0n) is 10.8. The van der Waals surface area contributed by atoms with Gasteiger partial charge in [-0.2, -0.15) is 8.78 Å². The molecule has 102 valence electrons. The summed E-state index contributed by atoms with van der Waals surface area (Å²) in [7, 11) is 0. The third kappa shape index (κ3) is 2.70. The molecule has 0 amide bonds. The zero-order valence-corrected chi connectivity index (χ0v) is 10.8. The Bertz CT molecular complexity index is 403. The van der Waals surface area contributed by atoms with Gasteiger partial charge >= 0.3 is 6.55 Å². The quantitative estimate of drug-likeness (QED) is 0.900. The second-order valence-corrected chi connectivity index (χ2v) is 5.62. The summed E-state index contributed by atoms with van der Waals surface area (Å²) in [6.07, 6.45) is 3.63. The largest absolute Gasteiger partial charge is 0.327 e. The number of nitrogens with two attached hydrogens (primary N) is 1. The molecule has 6 heteroatoms. The molecule has 0 aliphatic carbocycles. The number of nitrogens with zero attached hydrogens (tertiary/aromatic N) is 3. The fourth-order valence-electron chi connectivity index (χ4n) is 2.46. The summed E-state index contributed by atoms with van der Waals surface area (Å²) >= 11 is 0. The van der Waals surface area contributed by atoms with Gasteiger partial charge in [0.2, 0.25) is 0 Å². The first-order valence-corrected chi connectivity index (χ1v) is 6.18. The van der Waals surface area contributed by atoms with Crippen molar-refractivity contribution >= 4 is 0 Å². The third-order valence-electron chi connectivity index (χ3n) is 3.72. The summed E-state index contributed by atoms with van der Waals surface area (Å²) in [5.74, 6) is 0.413. The Balaban J connectivity index is 2.04. The highest BCUT2D eigenvalue weighted by Crippen LogP contribution is 2.28. The second-order valence-electron chi connectivity index (χ2n) is 5.62. The second kappa shape index (κ2) is 4.93. The normalized spacial score (nSPS) is 24.7. The number of halogens is 2. The van der Waals surface area contributed by atoms with Crippen LogP contribution in [0.4, 0.5) is 8.78 Å². The average molecular weight is 258 g/mol. The van der Waals surface area contributed by atoms with E-state index in [0.29, 0.717) is 12.4 Å². The van der Waals surface area contributed by atoms with Crippen molar-refractivity contribution in [1.82, 2.24) is 14.5 Å². The fourth-order valence-corrected chi connectivity index (χ4v) is 2.46. The Kier molecular flexibility index (Phi) is 3.68. The monoisotopic (exact) mass is 258 g/mol. The van der Waals surface area contributed by atoms with Gasteiger partial charge in [0.05, 0.1) is 6.54 Å². The van der Waals surface area contributed by atoms with E-state index in [1.807, 2.05) is 0 Å². The number of hydrogen-bond acceptors (Lipinski definition) is 3. The number of hydrogen-bond donors (Lipinski definition) is 1. The van der Waals surface area contributed by atoms with Crippen LogP contribution in [-0.2, 0) is 6.54 Å². The van der Waals surface area contributed by atoms with Crippen LogP contribution in [-0.4, -0.2) is 33.6 Å². The molecule has 2 heterocycles. The molecule has 0 spiro atoms. The summed E-state index contributed by atoms with van der Waals surface area (Å²) in [6.45, 7) is 3.80. The molecule has 1 aromatic heterocycles. The maximum Gasteiger partial charge on any atom is 0.319 e. The van der Waals surface area contributed by atoms with Gasteiger partial charge in [0, 0.05) is 31.5 Å². The summed E-state index contributed by atoms with van der Waals surface area (Å²) in [4.78, 5) is 6.15. The van der Waals surface area contributed by atoms with Crippen molar-refractivity contribution in [3.63, 3.8) is 0 Å². The minimum atomic E-state index is -2.53. The van der Waals surface area contributed by atoms with Crippen molar-refractivity contribution in [1.29, 1.82) is 0 Å². The lowest BCUT2D eigenvalue weighted by molar-refractivity contribution is 0.0549. The topological polar surface area (TPSA) is 47.1 Å². The van der Waals surface area contributed by atoms with Crippen LogP contribution >= 0.6 is 0 Å². The van der Waals surface area contributed by atoms with E-state index in [9.17, 15) is 8.78 Å². The molecule has 1 aromatic rings. The molecule has 1 fully saturated rings. The summed E-state index contributed by atoms with van der Waals surface area (Å²) < 4.78 is 26.3. The van der Waals surface area contributed by atoms with Crippen LogP contribution in [0.3, 0.4) is 0 Å². The Morgan fingerprint density at radius 1 is 1.56 bits per heavy atom. The number of likely N-dealkylation sites (tertiary alicyclic amines) is 1. The SMILES string of the molecule is CC1(C)CN(Cc2nccn2C(F)F)CCC1N. The molecule has 1 atom stereocenters. The van der Waals surface area contributed by atoms with Crippen LogP contribution in [0.5, 0.6) is 0 Å². The van der Waals surface area contributed by atoms with E-state index >= 15 is 0 Å². The lowest BCUT2D eigenvalue weighted by atomic mass is 9.80. The van der Waals surface area contributed by atoms with Crippen molar-refractivity contribution in [3.8, 4) is 0 Å². The molecular formula is C12H20F2N4. The zero-order chi connectivity index (χ0) is 13.3. The van der Waals surface area contributed by atoms with E-state index in [1.165, 1.54) is 12.4 Å². The highest BCUT2D eigenvalue weighted by Gasteiger charge is 2.33. The van der Waals surface area contributed by atoms with E-state index in [0.717, 1.165) is 24.1 Å². The molecule has 0 aromatic carbocycles. The van der Waals surface area contributed by atoms with Crippen LogP contribution in [0.25, 0.3) is 0 Å². The molecule has 0 saturated carbocycles. The highest BCUT2D eigenvalue weighted by molar-refractivity contribution is 4.96. The predicted octanol–water partition coefficient (Wildman–Crippen LogP) is 1.84. The Morgan fingerprint density at radius 3 is 2.89 bits per heavy atom. The van der Waals surface area contributed by atoms with Crippen LogP contribution < -0.4 is 5.73 Å². The predicted molar refractivity (Wildman–Crippen MR) is 65.1 cm³/mol. The summed E-state index contributed by atoms with van der Waals surface area (Å²) in [5, 5.41) is 0. The van der Waals surface area contributed by atoms with Gasteiger partial charge in [0.15, 0.2) is 0 Å². The van der Waals surface area contributed by atoms with Crippen LogP contribution in [0.1, 0.15) is 32.6 Å². The number of imidazole rings is 1. The Morgan fingerprint density at radius 2 is 2.28 bits per heavy atom. The smallest absolute Gasteiger partial charge is 0.319 e. The van der Waals surface area contributed by atoms with E-state index in [-0.39, 0.29) is 11.5 Å². The van der Waals surface area contributed by atoms with Crippen LogP contribution in [0.2, 0.25) is 0 Å². The number of piperidine rings is 1. The lowest BCUT2D eigenvalue weighted by Crippen LogP contribution is -2.52. The first-order valence-electron chi connectivity index (χ1n) is 6.18. The molecule has 0 bridgehead atoms. The minimum Gasteiger partial charge on any atom is -0.327 e.